The Morgan fingerprint density at radius 3 is 2.61 bits per heavy atom. The first-order chi connectivity index (χ1) is 11.3. The summed E-state index contributed by atoms with van der Waals surface area (Å²) in [6, 6.07) is 14.4. The molecular formula is C19H23N3O. The van der Waals surface area contributed by atoms with Crippen molar-refractivity contribution >= 4 is 11.7 Å². The molecule has 3 rings (SSSR count). The number of hydrogen-bond donors (Lipinski definition) is 2. The number of benzene rings is 1. The molecule has 0 atom stereocenters. The molecule has 1 aromatic heterocycles. The lowest BCUT2D eigenvalue weighted by atomic mass is 9.97. The van der Waals surface area contributed by atoms with Crippen LogP contribution in [0.2, 0.25) is 0 Å². The molecule has 2 aromatic rings. The highest BCUT2D eigenvalue weighted by molar-refractivity contribution is 5.91. The molecule has 0 spiro atoms. The van der Waals surface area contributed by atoms with Crippen LogP contribution in [0, 0.1) is 5.92 Å². The van der Waals surface area contributed by atoms with Crippen molar-refractivity contribution in [1.82, 2.24) is 10.3 Å². The zero-order valence-electron chi connectivity index (χ0n) is 13.3. The molecule has 4 nitrogen and oxygen atoms in total. The molecule has 0 saturated carbocycles. The van der Waals surface area contributed by atoms with Gasteiger partial charge in [0.05, 0.1) is 0 Å². The van der Waals surface area contributed by atoms with E-state index in [1.807, 2.05) is 18.2 Å². The zero-order chi connectivity index (χ0) is 15.9. The van der Waals surface area contributed by atoms with Crippen LogP contribution in [-0.2, 0) is 17.6 Å². The van der Waals surface area contributed by atoms with Crippen molar-refractivity contribution in [3.05, 3.63) is 59.8 Å². The molecular weight excluding hydrogens is 286 g/mol. The van der Waals surface area contributed by atoms with Gasteiger partial charge in [-0.25, -0.2) is 4.98 Å². The van der Waals surface area contributed by atoms with Crippen LogP contribution in [0.15, 0.2) is 48.7 Å². The van der Waals surface area contributed by atoms with Crippen LogP contribution >= 0.6 is 0 Å². The van der Waals surface area contributed by atoms with Gasteiger partial charge in [-0.05, 0) is 62.0 Å². The number of nitrogens with one attached hydrogen (secondary N) is 2. The van der Waals surface area contributed by atoms with Crippen molar-refractivity contribution in [1.29, 1.82) is 0 Å². The summed E-state index contributed by atoms with van der Waals surface area (Å²) in [5, 5.41) is 6.25. The summed E-state index contributed by atoms with van der Waals surface area (Å²) >= 11 is 0. The van der Waals surface area contributed by atoms with E-state index in [0.717, 1.165) is 38.8 Å². The third-order valence-corrected chi connectivity index (χ3v) is 4.33. The van der Waals surface area contributed by atoms with Gasteiger partial charge in [-0.15, -0.1) is 0 Å². The van der Waals surface area contributed by atoms with E-state index in [1.54, 1.807) is 6.20 Å². The smallest absolute Gasteiger partial charge is 0.228 e. The third kappa shape index (κ3) is 4.63. The van der Waals surface area contributed by atoms with Crippen molar-refractivity contribution in [3.8, 4) is 0 Å². The lowest BCUT2D eigenvalue weighted by Gasteiger charge is -2.21. The number of rotatable bonds is 5. The topological polar surface area (TPSA) is 54.0 Å². The number of hydrogen-bond acceptors (Lipinski definition) is 3. The second-order valence-electron chi connectivity index (χ2n) is 6.05. The maximum Gasteiger partial charge on any atom is 0.228 e. The number of carbonyl (C=O) groups is 1. The van der Waals surface area contributed by atoms with Gasteiger partial charge in [-0.1, -0.05) is 30.3 Å². The van der Waals surface area contributed by atoms with Gasteiger partial charge in [-0.2, -0.15) is 0 Å². The summed E-state index contributed by atoms with van der Waals surface area (Å²) in [5.74, 6) is 0.865. The standard InChI is InChI=1S/C19H23N3O/c23-19(17-9-11-20-12-10-17)22-18-14-16(8-13-21-18)7-6-15-4-2-1-3-5-15/h1-5,8,13-14,17,20H,6-7,9-12H2,(H,21,22,23). The predicted octanol–water partition coefficient (Wildman–Crippen LogP) is 2.80. The Labute approximate surface area is 137 Å². The molecule has 2 N–H and O–H groups in total. The van der Waals surface area contributed by atoms with Crippen molar-refractivity contribution in [2.24, 2.45) is 5.92 Å². The van der Waals surface area contributed by atoms with E-state index in [-0.39, 0.29) is 11.8 Å². The number of piperidine rings is 1. The molecule has 1 aromatic carbocycles. The van der Waals surface area contributed by atoms with Crippen molar-refractivity contribution < 1.29 is 4.79 Å². The minimum Gasteiger partial charge on any atom is -0.317 e. The van der Waals surface area contributed by atoms with E-state index in [9.17, 15) is 4.79 Å². The second-order valence-corrected chi connectivity index (χ2v) is 6.05. The number of anilines is 1. The molecule has 1 aliphatic rings. The molecule has 23 heavy (non-hydrogen) atoms. The number of nitrogens with zero attached hydrogens (tertiary/aromatic N) is 1. The summed E-state index contributed by atoms with van der Waals surface area (Å²) in [4.78, 5) is 16.6. The van der Waals surface area contributed by atoms with Gasteiger partial charge in [0, 0.05) is 12.1 Å². The molecule has 1 aliphatic heterocycles. The minimum absolute atomic E-state index is 0.0965. The van der Waals surface area contributed by atoms with E-state index in [2.05, 4.69) is 39.9 Å². The first kappa shape index (κ1) is 15.7. The van der Waals surface area contributed by atoms with Gasteiger partial charge in [-0.3, -0.25) is 4.79 Å². The largest absolute Gasteiger partial charge is 0.317 e. The van der Waals surface area contributed by atoms with Crippen LogP contribution < -0.4 is 10.6 Å². The van der Waals surface area contributed by atoms with Crippen LogP contribution in [0.1, 0.15) is 24.0 Å². The predicted molar refractivity (Wildman–Crippen MR) is 92.3 cm³/mol. The first-order valence-electron chi connectivity index (χ1n) is 8.32. The lowest BCUT2D eigenvalue weighted by Crippen LogP contribution is -2.34. The number of aromatic nitrogens is 1. The number of aryl methyl sites for hydroxylation is 2. The van der Waals surface area contributed by atoms with E-state index >= 15 is 0 Å². The molecule has 120 valence electrons. The SMILES string of the molecule is O=C(Nc1cc(CCc2ccccc2)ccn1)C1CCNCC1. The first-order valence-corrected chi connectivity index (χ1v) is 8.32. The van der Waals surface area contributed by atoms with Crippen molar-refractivity contribution in [2.45, 2.75) is 25.7 Å². The Balaban J connectivity index is 1.57. The van der Waals surface area contributed by atoms with E-state index in [4.69, 9.17) is 0 Å². The van der Waals surface area contributed by atoms with Gasteiger partial charge in [0.1, 0.15) is 5.82 Å². The zero-order valence-corrected chi connectivity index (χ0v) is 13.3. The Bertz CT molecular complexity index is 636. The van der Waals surface area contributed by atoms with Gasteiger partial charge in [0.15, 0.2) is 0 Å². The molecule has 4 heteroatoms. The Morgan fingerprint density at radius 1 is 1.09 bits per heavy atom. The highest BCUT2D eigenvalue weighted by Crippen LogP contribution is 2.16. The molecule has 2 heterocycles. The molecule has 0 radical (unpaired) electrons. The van der Waals surface area contributed by atoms with Crippen LogP contribution in [0.25, 0.3) is 0 Å². The summed E-state index contributed by atoms with van der Waals surface area (Å²) in [6.07, 6.45) is 5.52. The normalized spacial score (nSPS) is 15.3. The summed E-state index contributed by atoms with van der Waals surface area (Å²) in [6.45, 7) is 1.84. The van der Waals surface area contributed by atoms with Crippen LogP contribution in [0.4, 0.5) is 5.82 Å². The van der Waals surface area contributed by atoms with Gasteiger partial charge >= 0.3 is 0 Å². The van der Waals surface area contributed by atoms with Gasteiger partial charge in [0.2, 0.25) is 5.91 Å². The second kappa shape index (κ2) is 7.88. The summed E-state index contributed by atoms with van der Waals surface area (Å²) in [5.41, 5.74) is 2.52. The fourth-order valence-electron chi connectivity index (χ4n) is 2.94. The van der Waals surface area contributed by atoms with Crippen molar-refractivity contribution in [3.63, 3.8) is 0 Å². The molecule has 1 saturated heterocycles. The minimum atomic E-state index is 0.0965. The molecule has 0 unspecified atom stereocenters. The third-order valence-electron chi connectivity index (χ3n) is 4.33. The fraction of sp³-hybridized carbons (Fsp3) is 0.368. The number of pyridine rings is 1. The van der Waals surface area contributed by atoms with E-state index in [1.165, 1.54) is 11.1 Å². The molecule has 1 amide bonds. The van der Waals surface area contributed by atoms with Crippen LogP contribution in [0.5, 0.6) is 0 Å². The number of carbonyl (C=O) groups excluding carboxylic acids is 1. The van der Waals surface area contributed by atoms with Crippen LogP contribution in [0.3, 0.4) is 0 Å². The maximum atomic E-state index is 12.3. The van der Waals surface area contributed by atoms with E-state index in [0.29, 0.717) is 5.82 Å². The fourth-order valence-corrected chi connectivity index (χ4v) is 2.94. The lowest BCUT2D eigenvalue weighted by molar-refractivity contribution is -0.120. The van der Waals surface area contributed by atoms with Crippen molar-refractivity contribution in [2.75, 3.05) is 18.4 Å². The quantitative estimate of drug-likeness (QED) is 0.893. The average molecular weight is 309 g/mol. The Hall–Kier alpha value is -2.20. The average Bonchev–Trinajstić information content (AvgIpc) is 2.62. The van der Waals surface area contributed by atoms with E-state index < -0.39 is 0 Å². The van der Waals surface area contributed by atoms with Crippen LogP contribution in [-0.4, -0.2) is 24.0 Å². The molecule has 0 bridgehead atoms. The Kier molecular flexibility index (Phi) is 5.37. The monoisotopic (exact) mass is 309 g/mol. The van der Waals surface area contributed by atoms with Gasteiger partial charge in [0.25, 0.3) is 0 Å². The molecule has 1 fully saturated rings. The Morgan fingerprint density at radius 2 is 1.83 bits per heavy atom. The molecule has 0 aliphatic carbocycles. The maximum absolute atomic E-state index is 12.3. The highest BCUT2D eigenvalue weighted by atomic mass is 16.1. The summed E-state index contributed by atoms with van der Waals surface area (Å²) in [7, 11) is 0. The highest BCUT2D eigenvalue weighted by Gasteiger charge is 2.21. The number of amides is 1. The van der Waals surface area contributed by atoms with Gasteiger partial charge < -0.3 is 10.6 Å². The summed E-state index contributed by atoms with van der Waals surface area (Å²) < 4.78 is 0.